The van der Waals surface area contributed by atoms with Crippen molar-refractivity contribution in [2.24, 2.45) is 0 Å². The van der Waals surface area contributed by atoms with Crippen LogP contribution in [0.4, 0.5) is 17.1 Å². The van der Waals surface area contributed by atoms with E-state index in [0.717, 1.165) is 29.9 Å². The third kappa shape index (κ3) is 5.90. The zero-order chi connectivity index (χ0) is 45.7. The van der Waals surface area contributed by atoms with E-state index in [1.165, 1.54) is 105 Å². The summed E-state index contributed by atoms with van der Waals surface area (Å²) in [4.78, 5) is 2.50. The smallest absolute Gasteiger partial charge is 0.0715 e. The quantitative estimate of drug-likeness (QED) is 0.155. The van der Waals surface area contributed by atoms with Gasteiger partial charge >= 0.3 is 0 Å². The molecule has 0 atom stereocenters. The first-order valence-corrected chi connectivity index (χ1v) is 24.2. The summed E-state index contributed by atoms with van der Waals surface area (Å²) in [5.41, 5.74) is 24.2. The Morgan fingerprint density at radius 3 is 1.66 bits per heavy atom. The Bertz CT molecular complexity index is 3610. The lowest BCUT2D eigenvalue weighted by molar-refractivity contribution is 0.660. The van der Waals surface area contributed by atoms with E-state index in [1.54, 1.807) is 0 Å². The minimum absolute atomic E-state index is 0.147. The van der Waals surface area contributed by atoms with Crippen LogP contribution in [0.3, 0.4) is 0 Å². The summed E-state index contributed by atoms with van der Waals surface area (Å²) in [5, 5.41) is 2.52. The topological polar surface area (TPSA) is 8.17 Å². The highest BCUT2D eigenvalue weighted by Gasteiger charge is 2.48. The van der Waals surface area contributed by atoms with E-state index < -0.39 is 5.41 Å². The number of anilines is 3. The third-order valence-electron chi connectivity index (χ3n) is 15.5. The van der Waals surface area contributed by atoms with Crippen LogP contribution < -0.4 is 4.90 Å². The number of hydrogen-bond acceptors (Lipinski definition) is 1. The average Bonchev–Trinajstić information content (AvgIpc) is 3.96. The molecular weight excluding hydrogens is 821 g/mol. The molecule has 9 aromatic carbocycles. The van der Waals surface area contributed by atoms with E-state index in [-0.39, 0.29) is 5.41 Å². The fraction of sp³-hybridized carbons (Fsp3) is 0.121. The van der Waals surface area contributed by atoms with Gasteiger partial charge in [0.25, 0.3) is 0 Å². The number of nitrogens with zero attached hydrogens (tertiary/aromatic N) is 2. The van der Waals surface area contributed by atoms with Gasteiger partial charge in [0.15, 0.2) is 0 Å². The summed E-state index contributed by atoms with van der Waals surface area (Å²) in [5.74, 6) is 0. The van der Waals surface area contributed by atoms with Gasteiger partial charge in [-0.3, -0.25) is 0 Å². The predicted octanol–water partition coefficient (Wildman–Crippen LogP) is 17.3. The minimum Gasteiger partial charge on any atom is -0.310 e. The second kappa shape index (κ2) is 15.3. The molecular formula is C66H52N2. The van der Waals surface area contributed by atoms with Crippen molar-refractivity contribution in [2.45, 2.75) is 51.4 Å². The van der Waals surface area contributed by atoms with Crippen LogP contribution >= 0.6 is 0 Å². The summed E-state index contributed by atoms with van der Waals surface area (Å²) in [6, 6.07) is 76.1. The van der Waals surface area contributed by atoms with E-state index in [2.05, 4.69) is 256 Å². The molecule has 2 nitrogen and oxygen atoms in total. The van der Waals surface area contributed by atoms with Gasteiger partial charge in [-0.05, 0) is 142 Å². The molecule has 0 fully saturated rings. The van der Waals surface area contributed by atoms with E-state index in [0.29, 0.717) is 0 Å². The number of para-hydroxylation sites is 2. The Balaban J connectivity index is 1.10. The third-order valence-corrected chi connectivity index (χ3v) is 15.5. The molecule has 0 amide bonds. The molecule has 1 heterocycles. The maximum absolute atomic E-state index is 2.53. The zero-order valence-electron chi connectivity index (χ0n) is 39.1. The van der Waals surface area contributed by atoms with Gasteiger partial charge in [-0.15, -0.1) is 0 Å². The largest absolute Gasteiger partial charge is 0.310 e. The fourth-order valence-electron chi connectivity index (χ4n) is 12.2. The lowest BCUT2D eigenvalue weighted by Crippen LogP contribution is -2.29. The van der Waals surface area contributed by atoms with Gasteiger partial charge in [-0.2, -0.15) is 0 Å². The van der Waals surface area contributed by atoms with Gasteiger partial charge in [0.2, 0.25) is 0 Å². The molecule has 3 aliphatic carbocycles. The molecule has 326 valence electrons. The summed E-state index contributed by atoms with van der Waals surface area (Å²) in [6.45, 7) is 9.14. The minimum atomic E-state index is -0.631. The number of hydrogen-bond donors (Lipinski definition) is 0. The molecule has 0 saturated heterocycles. The molecule has 0 unspecified atom stereocenters. The van der Waals surface area contributed by atoms with Crippen molar-refractivity contribution >= 4 is 44.4 Å². The van der Waals surface area contributed by atoms with E-state index in [9.17, 15) is 0 Å². The van der Waals surface area contributed by atoms with Crippen LogP contribution in [0.5, 0.6) is 0 Å². The number of benzene rings is 9. The van der Waals surface area contributed by atoms with Crippen molar-refractivity contribution in [1.29, 1.82) is 0 Å². The highest BCUT2D eigenvalue weighted by Crippen LogP contribution is 2.60. The van der Waals surface area contributed by atoms with E-state index in [4.69, 9.17) is 0 Å². The molecule has 0 spiro atoms. The predicted molar refractivity (Wildman–Crippen MR) is 286 cm³/mol. The molecule has 0 saturated carbocycles. The molecule has 0 aliphatic heterocycles. The molecule has 0 N–H and O–H groups in total. The molecule has 0 radical (unpaired) electrons. The molecule has 3 aliphatic rings. The Morgan fingerprint density at radius 1 is 0.456 bits per heavy atom. The number of aromatic nitrogens is 1. The van der Waals surface area contributed by atoms with Crippen LogP contribution in [0.25, 0.3) is 55.3 Å². The monoisotopic (exact) mass is 872 g/mol. The van der Waals surface area contributed by atoms with Crippen LogP contribution in [0.2, 0.25) is 0 Å². The van der Waals surface area contributed by atoms with Gasteiger partial charge in [0.1, 0.15) is 0 Å². The lowest BCUT2D eigenvalue weighted by atomic mass is 9.67. The van der Waals surface area contributed by atoms with Gasteiger partial charge in [-0.25, -0.2) is 0 Å². The van der Waals surface area contributed by atoms with Crippen molar-refractivity contribution in [1.82, 2.24) is 4.57 Å². The average molecular weight is 873 g/mol. The Hall–Kier alpha value is -7.94. The highest BCUT2D eigenvalue weighted by atomic mass is 15.1. The summed E-state index contributed by atoms with van der Waals surface area (Å²) >= 11 is 0. The first-order valence-electron chi connectivity index (χ1n) is 24.2. The highest BCUT2D eigenvalue weighted by molar-refractivity contribution is 6.10. The maximum atomic E-state index is 2.53. The number of fused-ring (bicyclic) bond motifs is 9. The van der Waals surface area contributed by atoms with Crippen LogP contribution in [0, 0.1) is 13.8 Å². The summed E-state index contributed by atoms with van der Waals surface area (Å²) < 4.78 is 2.51. The van der Waals surface area contributed by atoms with Gasteiger partial charge in [-0.1, -0.05) is 189 Å². The number of rotatable bonds is 7. The molecule has 10 aromatic rings. The maximum Gasteiger partial charge on any atom is 0.0715 e. The normalized spacial score (nSPS) is 14.9. The van der Waals surface area contributed by atoms with Gasteiger partial charge in [0, 0.05) is 38.8 Å². The van der Waals surface area contributed by atoms with Crippen molar-refractivity contribution in [3.8, 4) is 27.9 Å². The number of aryl methyl sites for hydroxylation is 2. The molecule has 68 heavy (non-hydrogen) atoms. The molecule has 2 heteroatoms. The fourth-order valence-corrected chi connectivity index (χ4v) is 12.2. The first-order chi connectivity index (χ1) is 33.3. The SMILES string of the molecule is Cc1ccc(C2(c3ccc(C)cc3)c3cc(N(c4ccc(C5=CCCC=C5)cc4)c4ccc5c(c4)C(C)(C)c4ccccc4-5)ccc3-c3c(-n4c5ccccc5c5ccccc54)cccc32)cc1. The Labute approximate surface area is 399 Å². The van der Waals surface area contributed by atoms with Gasteiger partial charge < -0.3 is 9.47 Å². The second-order valence-corrected chi connectivity index (χ2v) is 19.7. The van der Waals surface area contributed by atoms with Crippen molar-refractivity contribution in [3.05, 3.63) is 268 Å². The van der Waals surface area contributed by atoms with Crippen LogP contribution in [-0.2, 0) is 10.8 Å². The molecule has 0 bridgehead atoms. The zero-order valence-corrected chi connectivity index (χ0v) is 39.1. The standard InChI is InChI=1S/C66H52N2/c1-43-25-31-47(32-26-43)66(48-33-27-44(2)28-34-48)58-21-14-24-63(68-61-22-12-9-18-54(61)55-19-10-13-23-62(55)68)64(58)56-40-38-51(42-60(56)66)67(49-35-29-46(30-36-49)45-15-6-5-7-16-45)50-37-39-53-52-17-8-11-20-57(52)65(3,4)59(53)41-50/h6,8-42H,5,7H2,1-4H3. The Morgan fingerprint density at radius 2 is 1.01 bits per heavy atom. The first kappa shape index (κ1) is 40.3. The summed E-state index contributed by atoms with van der Waals surface area (Å²) in [7, 11) is 0. The molecule has 13 rings (SSSR count). The number of allylic oxidation sites excluding steroid dienone is 4. The summed E-state index contributed by atoms with van der Waals surface area (Å²) in [6.07, 6.45) is 9.12. The van der Waals surface area contributed by atoms with E-state index >= 15 is 0 Å². The van der Waals surface area contributed by atoms with Crippen LogP contribution in [0.15, 0.2) is 218 Å². The Kier molecular flexibility index (Phi) is 9.08. The lowest BCUT2D eigenvalue weighted by Gasteiger charge is -2.35. The van der Waals surface area contributed by atoms with Crippen molar-refractivity contribution < 1.29 is 0 Å². The molecule has 1 aromatic heterocycles. The van der Waals surface area contributed by atoms with Crippen molar-refractivity contribution in [2.75, 3.05) is 4.90 Å². The second-order valence-electron chi connectivity index (χ2n) is 19.7. The van der Waals surface area contributed by atoms with E-state index in [1.807, 2.05) is 0 Å². The van der Waals surface area contributed by atoms with Crippen LogP contribution in [-0.4, -0.2) is 4.57 Å². The van der Waals surface area contributed by atoms with Crippen LogP contribution in [0.1, 0.15) is 76.8 Å². The van der Waals surface area contributed by atoms with Gasteiger partial charge in [0.05, 0.1) is 22.1 Å². The van der Waals surface area contributed by atoms with Crippen molar-refractivity contribution in [3.63, 3.8) is 0 Å².